The van der Waals surface area contributed by atoms with Crippen LogP contribution in [0.5, 0.6) is 0 Å². The molecule has 1 aliphatic rings. The Morgan fingerprint density at radius 1 is 1.00 bits per heavy atom. The molecule has 0 aromatic rings. The Kier molecular flexibility index (Phi) is 11.6. The third kappa shape index (κ3) is 7.80. The minimum atomic E-state index is -1.84. The maximum absolute atomic E-state index is 13.1. The molecule has 1 rings (SSSR count). The van der Waals surface area contributed by atoms with Crippen LogP contribution in [-0.4, -0.2) is 82.7 Å². The first kappa shape index (κ1) is 25.7. The smallest absolute Gasteiger partial charge is 0.325 e. The van der Waals surface area contributed by atoms with Crippen LogP contribution in [0.1, 0.15) is 38.5 Å². The van der Waals surface area contributed by atoms with Crippen molar-refractivity contribution in [3.63, 3.8) is 0 Å². The summed E-state index contributed by atoms with van der Waals surface area (Å²) < 4.78 is 26.1. The van der Waals surface area contributed by atoms with E-state index in [-0.39, 0.29) is 39.3 Å². The van der Waals surface area contributed by atoms with Gasteiger partial charge in [0, 0.05) is 33.9 Å². The highest BCUT2D eigenvalue weighted by atomic mass is 16.6. The molecule has 10 heteroatoms. The summed E-state index contributed by atoms with van der Waals surface area (Å²) in [5, 5.41) is 9.95. The van der Waals surface area contributed by atoms with E-state index in [2.05, 4.69) is 0 Å². The van der Waals surface area contributed by atoms with Gasteiger partial charge in [-0.2, -0.15) is 0 Å². The van der Waals surface area contributed by atoms with E-state index in [0.29, 0.717) is 26.1 Å². The molecule has 0 bridgehead atoms. The van der Waals surface area contributed by atoms with E-state index < -0.39 is 29.1 Å². The van der Waals surface area contributed by atoms with E-state index in [1.165, 1.54) is 14.2 Å². The monoisotopic (exact) mass is 420 g/mol. The van der Waals surface area contributed by atoms with Gasteiger partial charge in [0.15, 0.2) is 11.1 Å². The number of carbonyl (C=O) groups is 2. The number of carbonyl (C=O) groups excluding carboxylic acids is 1. The molecule has 0 aromatic carbocycles. The van der Waals surface area contributed by atoms with E-state index >= 15 is 0 Å². The van der Waals surface area contributed by atoms with Gasteiger partial charge in [0.2, 0.25) is 0 Å². The van der Waals surface area contributed by atoms with Crippen molar-refractivity contribution in [1.29, 1.82) is 0 Å². The SMILES string of the molecule is COCCOCCC(CCOCCOC)(C(=O)O)C(=O)O[C@@]1(N)CCCC[C@H]1N. The second-order valence-electron chi connectivity index (χ2n) is 7.29. The molecule has 0 unspecified atom stereocenters. The highest BCUT2D eigenvalue weighted by Crippen LogP contribution is 2.34. The fraction of sp³-hybridized carbons (Fsp3) is 0.895. The van der Waals surface area contributed by atoms with E-state index in [4.69, 9.17) is 35.2 Å². The predicted molar refractivity (Wildman–Crippen MR) is 104 cm³/mol. The molecule has 0 heterocycles. The zero-order valence-electron chi connectivity index (χ0n) is 17.5. The van der Waals surface area contributed by atoms with Crippen molar-refractivity contribution in [1.82, 2.24) is 0 Å². The van der Waals surface area contributed by atoms with Gasteiger partial charge < -0.3 is 34.5 Å². The molecule has 0 saturated heterocycles. The number of hydrogen-bond acceptors (Lipinski definition) is 9. The normalized spacial score (nSPS) is 22.4. The minimum Gasteiger partial charge on any atom is -0.480 e. The molecule has 0 aromatic heterocycles. The van der Waals surface area contributed by atoms with Gasteiger partial charge in [0.25, 0.3) is 0 Å². The lowest BCUT2D eigenvalue weighted by molar-refractivity contribution is -0.187. The lowest BCUT2D eigenvalue weighted by Gasteiger charge is -2.40. The van der Waals surface area contributed by atoms with E-state index in [1.807, 2.05) is 0 Å². The average molecular weight is 421 g/mol. The minimum absolute atomic E-state index is 0.0481. The van der Waals surface area contributed by atoms with Crippen molar-refractivity contribution in [2.24, 2.45) is 16.9 Å². The van der Waals surface area contributed by atoms with Crippen LogP contribution in [0.15, 0.2) is 0 Å². The number of ether oxygens (including phenoxy) is 5. The molecule has 2 atom stereocenters. The second-order valence-corrected chi connectivity index (χ2v) is 7.29. The van der Waals surface area contributed by atoms with Crippen molar-refractivity contribution in [2.75, 3.05) is 53.9 Å². The molecule has 0 amide bonds. The maximum Gasteiger partial charge on any atom is 0.325 e. The van der Waals surface area contributed by atoms with Crippen LogP contribution in [0, 0.1) is 5.41 Å². The summed E-state index contributed by atoms with van der Waals surface area (Å²) in [6, 6.07) is -0.539. The molecular formula is C19H36N2O8. The largest absolute Gasteiger partial charge is 0.480 e. The first-order chi connectivity index (χ1) is 13.8. The summed E-state index contributed by atoms with van der Waals surface area (Å²) in [4.78, 5) is 25.3. The molecular weight excluding hydrogens is 384 g/mol. The first-order valence-corrected chi connectivity index (χ1v) is 9.97. The number of hydrogen-bond donors (Lipinski definition) is 3. The van der Waals surface area contributed by atoms with Crippen LogP contribution in [-0.2, 0) is 33.3 Å². The Labute approximate surface area is 172 Å². The summed E-state index contributed by atoms with van der Waals surface area (Å²) in [5.41, 5.74) is 9.08. The highest BCUT2D eigenvalue weighted by molar-refractivity contribution is 5.99. The van der Waals surface area contributed by atoms with Crippen molar-refractivity contribution in [3.05, 3.63) is 0 Å². The van der Waals surface area contributed by atoms with Crippen LogP contribution >= 0.6 is 0 Å². The fourth-order valence-corrected chi connectivity index (χ4v) is 3.20. The van der Waals surface area contributed by atoms with Gasteiger partial charge in [-0.25, -0.2) is 0 Å². The number of aliphatic carboxylic acids is 1. The second kappa shape index (κ2) is 13.1. The number of carboxylic acid groups (broad SMARTS) is 1. The van der Waals surface area contributed by atoms with E-state index in [1.54, 1.807) is 0 Å². The molecule has 1 fully saturated rings. The fourth-order valence-electron chi connectivity index (χ4n) is 3.20. The molecule has 0 radical (unpaired) electrons. The van der Waals surface area contributed by atoms with Gasteiger partial charge >= 0.3 is 11.9 Å². The van der Waals surface area contributed by atoms with Crippen molar-refractivity contribution in [2.45, 2.75) is 50.3 Å². The zero-order chi connectivity index (χ0) is 21.8. The van der Waals surface area contributed by atoms with Crippen LogP contribution in [0.3, 0.4) is 0 Å². The predicted octanol–water partition coefficient (Wildman–Crippen LogP) is 0.263. The highest BCUT2D eigenvalue weighted by Gasteiger charge is 2.51. The summed E-state index contributed by atoms with van der Waals surface area (Å²) in [6.45, 7) is 1.41. The lowest BCUT2D eigenvalue weighted by atomic mass is 9.80. The van der Waals surface area contributed by atoms with Gasteiger partial charge in [-0.15, -0.1) is 0 Å². The Bertz CT molecular complexity index is 491. The lowest BCUT2D eigenvalue weighted by Crippen LogP contribution is -2.61. The summed E-state index contributed by atoms with van der Waals surface area (Å²) in [7, 11) is 3.07. The third-order valence-electron chi connectivity index (χ3n) is 5.25. The van der Waals surface area contributed by atoms with E-state index in [0.717, 1.165) is 12.8 Å². The molecule has 1 aliphatic carbocycles. The number of nitrogens with two attached hydrogens (primary N) is 2. The summed E-state index contributed by atoms with van der Waals surface area (Å²) in [5.74, 6) is -2.21. The number of esters is 1. The first-order valence-electron chi connectivity index (χ1n) is 9.97. The van der Waals surface area contributed by atoms with E-state index in [9.17, 15) is 14.7 Å². The van der Waals surface area contributed by atoms with Gasteiger partial charge in [-0.05, 0) is 25.7 Å². The molecule has 5 N–H and O–H groups in total. The van der Waals surface area contributed by atoms with Crippen LogP contribution < -0.4 is 11.5 Å². The summed E-state index contributed by atoms with van der Waals surface area (Å²) >= 11 is 0. The number of carboxylic acids is 1. The van der Waals surface area contributed by atoms with Gasteiger partial charge in [-0.3, -0.25) is 15.3 Å². The molecule has 10 nitrogen and oxygen atoms in total. The topological polar surface area (TPSA) is 153 Å². The Balaban J connectivity index is 2.88. The molecule has 1 saturated carbocycles. The molecule has 170 valence electrons. The standard InChI is InChI=1S/C19H36N2O8/c1-25-11-13-27-9-7-18(16(22)23,8-10-28-14-12-26-2)17(24)29-19(21)6-4-3-5-15(19)20/h15H,3-14,20-21H2,1-2H3,(H,22,23)/t15-,19+/m1/s1. The summed E-state index contributed by atoms with van der Waals surface area (Å²) in [6.07, 6.45) is 2.50. The number of methoxy groups -OCH3 is 2. The van der Waals surface area contributed by atoms with Gasteiger partial charge in [0.1, 0.15) is 0 Å². The molecule has 29 heavy (non-hydrogen) atoms. The van der Waals surface area contributed by atoms with Crippen LogP contribution in [0.4, 0.5) is 0 Å². The number of rotatable bonds is 15. The quantitative estimate of drug-likeness (QED) is 0.145. The molecule has 0 spiro atoms. The van der Waals surface area contributed by atoms with Crippen molar-refractivity contribution >= 4 is 11.9 Å². The Morgan fingerprint density at radius 2 is 1.55 bits per heavy atom. The third-order valence-corrected chi connectivity index (χ3v) is 5.25. The zero-order valence-corrected chi connectivity index (χ0v) is 17.5. The van der Waals surface area contributed by atoms with Crippen LogP contribution in [0.2, 0.25) is 0 Å². The average Bonchev–Trinajstić information content (AvgIpc) is 2.68. The molecule has 0 aliphatic heterocycles. The van der Waals surface area contributed by atoms with Gasteiger partial charge in [0.05, 0.1) is 32.5 Å². The maximum atomic E-state index is 13.1. The Morgan fingerprint density at radius 3 is 2.00 bits per heavy atom. The van der Waals surface area contributed by atoms with Crippen molar-refractivity contribution in [3.8, 4) is 0 Å². The Hall–Kier alpha value is -1.30. The van der Waals surface area contributed by atoms with Crippen LogP contribution in [0.25, 0.3) is 0 Å². The van der Waals surface area contributed by atoms with Crippen molar-refractivity contribution < 1.29 is 38.4 Å². The van der Waals surface area contributed by atoms with Gasteiger partial charge in [-0.1, -0.05) is 6.42 Å².